The fourth-order valence-corrected chi connectivity index (χ4v) is 2.44. The first-order valence-corrected chi connectivity index (χ1v) is 7.64. The monoisotopic (exact) mass is 316 g/mol. The molecule has 23 heavy (non-hydrogen) atoms. The van der Waals surface area contributed by atoms with Crippen LogP contribution in [0.5, 0.6) is 0 Å². The summed E-state index contributed by atoms with van der Waals surface area (Å²) in [6.45, 7) is 7.15. The summed E-state index contributed by atoms with van der Waals surface area (Å²) in [7, 11) is 1.59. The first-order valence-electron chi connectivity index (χ1n) is 7.64. The van der Waals surface area contributed by atoms with Crippen LogP contribution >= 0.6 is 0 Å². The lowest BCUT2D eigenvalue weighted by Gasteiger charge is -2.35. The van der Waals surface area contributed by atoms with Crippen LogP contribution in [0.4, 0.5) is 4.79 Å². The Morgan fingerprint density at radius 1 is 1.26 bits per heavy atom. The van der Waals surface area contributed by atoms with E-state index in [0.717, 1.165) is 22.8 Å². The topological polar surface area (TPSA) is 62.4 Å². The molecule has 5 nitrogen and oxygen atoms in total. The van der Waals surface area contributed by atoms with Crippen LogP contribution in [0, 0.1) is 0 Å². The molecule has 0 aliphatic carbocycles. The molecule has 5 heteroatoms. The van der Waals surface area contributed by atoms with Crippen molar-refractivity contribution in [2.24, 2.45) is 0 Å². The fraction of sp³-hybridized carbons (Fsp3) is 0.444. The molecule has 0 radical (unpaired) electrons. The van der Waals surface area contributed by atoms with Gasteiger partial charge in [-0.15, -0.1) is 0 Å². The molecule has 0 saturated heterocycles. The quantitative estimate of drug-likeness (QED) is 0.878. The van der Waals surface area contributed by atoms with Gasteiger partial charge in [0, 0.05) is 30.6 Å². The second-order valence-electron chi connectivity index (χ2n) is 7.05. The molecule has 1 aromatic carbocycles. The van der Waals surface area contributed by atoms with E-state index in [9.17, 15) is 9.59 Å². The number of rotatable bonds is 4. The number of likely N-dealkylation sites (N-methyl/N-ethyl adjacent to an activating group) is 1. The van der Waals surface area contributed by atoms with Crippen molar-refractivity contribution in [3.05, 3.63) is 36.0 Å². The molecule has 1 heterocycles. The van der Waals surface area contributed by atoms with Gasteiger partial charge < -0.3 is 14.5 Å². The number of carbonyl (C=O) groups is 2. The maximum Gasteiger partial charge on any atom is 0.410 e. The van der Waals surface area contributed by atoms with Gasteiger partial charge in [0.2, 0.25) is 0 Å². The Bertz CT molecular complexity index is 714. The Hall–Kier alpha value is -2.30. The molecule has 1 unspecified atom stereocenters. The van der Waals surface area contributed by atoms with Crippen LogP contribution in [0.2, 0.25) is 0 Å². The largest absolute Gasteiger partial charge is 0.444 e. The second kappa shape index (κ2) is 6.07. The maximum absolute atomic E-state index is 12.3. The third kappa shape index (κ3) is 3.73. The number of ether oxygens (including phenoxy) is 1. The van der Waals surface area contributed by atoms with Crippen molar-refractivity contribution in [2.45, 2.75) is 45.3 Å². The number of hydrogen-bond acceptors (Lipinski definition) is 3. The van der Waals surface area contributed by atoms with Crippen molar-refractivity contribution >= 4 is 23.3 Å². The summed E-state index contributed by atoms with van der Waals surface area (Å²) in [5.41, 5.74) is 0.421. The van der Waals surface area contributed by atoms with Crippen molar-refractivity contribution < 1.29 is 14.3 Å². The molecule has 0 aliphatic rings. The Morgan fingerprint density at radius 2 is 1.91 bits per heavy atom. The van der Waals surface area contributed by atoms with Crippen molar-refractivity contribution in [3.8, 4) is 0 Å². The number of nitrogens with zero attached hydrogens (tertiary/aromatic N) is 1. The zero-order valence-corrected chi connectivity index (χ0v) is 14.3. The molecule has 0 saturated carbocycles. The van der Waals surface area contributed by atoms with Crippen molar-refractivity contribution in [2.75, 3.05) is 7.05 Å². The van der Waals surface area contributed by atoms with Gasteiger partial charge in [0.15, 0.2) is 0 Å². The van der Waals surface area contributed by atoms with Crippen LogP contribution in [0.25, 0.3) is 10.9 Å². The smallest absolute Gasteiger partial charge is 0.410 e. The highest BCUT2D eigenvalue weighted by molar-refractivity contribution is 5.84. The molecule has 124 valence electrons. The first-order chi connectivity index (χ1) is 10.7. The van der Waals surface area contributed by atoms with Gasteiger partial charge in [0.05, 0.1) is 0 Å². The number of aromatic amines is 1. The number of fused-ring (bicyclic) bond motifs is 1. The Labute approximate surface area is 136 Å². The van der Waals surface area contributed by atoms with Gasteiger partial charge >= 0.3 is 6.09 Å². The zero-order valence-electron chi connectivity index (χ0n) is 14.3. The number of amides is 1. The molecule has 1 amide bonds. The number of nitrogens with one attached hydrogen (secondary N) is 1. The predicted molar refractivity (Wildman–Crippen MR) is 90.5 cm³/mol. The summed E-state index contributed by atoms with van der Waals surface area (Å²) in [5.74, 6) is 0. The lowest BCUT2D eigenvalue weighted by molar-refractivity contribution is -0.117. The molecule has 0 bridgehead atoms. The Balaban J connectivity index is 2.26. The number of H-pyrrole nitrogens is 1. The van der Waals surface area contributed by atoms with E-state index in [2.05, 4.69) is 4.98 Å². The van der Waals surface area contributed by atoms with Gasteiger partial charge in [-0.2, -0.15) is 0 Å². The van der Waals surface area contributed by atoms with E-state index in [1.54, 1.807) is 34.7 Å². The summed E-state index contributed by atoms with van der Waals surface area (Å²) in [6.07, 6.45) is 2.59. The highest BCUT2D eigenvalue weighted by Crippen LogP contribution is 2.25. The van der Waals surface area contributed by atoms with Gasteiger partial charge in [-0.3, -0.25) is 4.90 Å². The van der Waals surface area contributed by atoms with E-state index in [1.807, 2.05) is 30.5 Å². The van der Waals surface area contributed by atoms with Gasteiger partial charge in [-0.1, -0.05) is 18.2 Å². The molecule has 2 rings (SSSR count). The van der Waals surface area contributed by atoms with Crippen LogP contribution in [0.15, 0.2) is 30.5 Å². The normalized spacial score (nSPS) is 14.3. The van der Waals surface area contributed by atoms with E-state index in [4.69, 9.17) is 4.74 Å². The average Bonchev–Trinajstić information content (AvgIpc) is 2.87. The highest BCUT2D eigenvalue weighted by Gasteiger charge is 2.35. The van der Waals surface area contributed by atoms with E-state index in [1.165, 1.54) is 4.90 Å². The molecule has 0 spiro atoms. The summed E-state index contributed by atoms with van der Waals surface area (Å²) < 4.78 is 5.37. The van der Waals surface area contributed by atoms with Gasteiger partial charge in [-0.05, 0) is 39.3 Å². The summed E-state index contributed by atoms with van der Waals surface area (Å²) in [4.78, 5) is 28.6. The van der Waals surface area contributed by atoms with Crippen molar-refractivity contribution in [1.82, 2.24) is 9.88 Å². The van der Waals surface area contributed by atoms with E-state index in [-0.39, 0.29) is 0 Å². The molecule has 2 aromatic rings. The number of benzene rings is 1. The molecular formula is C18H24N2O3. The Morgan fingerprint density at radius 3 is 2.52 bits per heavy atom. The Kier molecular flexibility index (Phi) is 4.50. The molecule has 1 atom stereocenters. The van der Waals surface area contributed by atoms with E-state index >= 15 is 0 Å². The van der Waals surface area contributed by atoms with Crippen LogP contribution in [0.3, 0.4) is 0 Å². The van der Waals surface area contributed by atoms with Gasteiger partial charge in [0.25, 0.3) is 0 Å². The minimum atomic E-state index is -0.979. The number of hydrogen-bond donors (Lipinski definition) is 1. The van der Waals surface area contributed by atoms with Crippen LogP contribution in [0.1, 0.15) is 33.3 Å². The molecule has 1 aromatic heterocycles. The SMILES string of the molecule is CN(C(=O)OC(C)(C)C)C(C)(C=O)Cc1c[nH]c2ccccc12. The van der Waals surface area contributed by atoms with Gasteiger partial charge in [0.1, 0.15) is 17.4 Å². The number of aromatic nitrogens is 1. The number of para-hydroxylation sites is 1. The molecular weight excluding hydrogens is 292 g/mol. The molecule has 0 aliphatic heterocycles. The molecule has 1 N–H and O–H groups in total. The van der Waals surface area contributed by atoms with Gasteiger partial charge in [-0.25, -0.2) is 4.79 Å². The minimum Gasteiger partial charge on any atom is -0.444 e. The van der Waals surface area contributed by atoms with Crippen LogP contribution in [-0.2, 0) is 16.0 Å². The third-order valence-corrected chi connectivity index (χ3v) is 3.91. The molecule has 0 fully saturated rings. The van der Waals surface area contributed by atoms with E-state index in [0.29, 0.717) is 6.42 Å². The standard InChI is InChI=1S/C18H24N2O3/c1-17(2,3)23-16(22)20(5)18(4,12-21)10-13-11-19-15-9-7-6-8-14(13)15/h6-9,11-12,19H,10H2,1-5H3. The third-order valence-electron chi connectivity index (χ3n) is 3.91. The van der Waals surface area contributed by atoms with Crippen LogP contribution < -0.4 is 0 Å². The summed E-state index contributed by atoms with van der Waals surface area (Å²) in [6, 6.07) is 7.89. The fourth-order valence-electron chi connectivity index (χ4n) is 2.44. The zero-order chi connectivity index (χ0) is 17.3. The van der Waals surface area contributed by atoms with E-state index < -0.39 is 17.2 Å². The van der Waals surface area contributed by atoms with Crippen molar-refractivity contribution in [1.29, 1.82) is 0 Å². The minimum absolute atomic E-state index is 0.413. The predicted octanol–water partition coefficient (Wildman–Crippen LogP) is 3.53. The highest BCUT2D eigenvalue weighted by atomic mass is 16.6. The van der Waals surface area contributed by atoms with Crippen LogP contribution in [-0.4, -0.2) is 40.5 Å². The first kappa shape index (κ1) is 17.1. The van der Waals surface area contributed by atoms with Crippen molar-refractivity contribution in [3.63, 3.8) is 0 Å². The number of aldehydes is 1. The summed E-state index contributed by atoms with van der Waals surface area (Å²) in [5, 5.41) is 1.05. The average molecular weight is 316 g/mol. The lowest BCUT2D eigenvalue weighted by Crippen LogP contribution is -2.51. The summed E-state index contributed by atoms with van der Waals surface area (Å²) >= 11 is 0. The number of carbonyl (C=O) groups excluding carboxylic acids is 2. The lowest BCUT2D eigenvalue weighted by atomic mass is 9.93. The second-order valence-corrected chi connectivity index (χ2v) is 7.05. The maximum atomic E-state index is 12.3.